The SMILES string of the molecule is Cc1cc(N2CCN(C(C)c3nccs3)CC2)c2cc(F)ccc2n1. The van der Waals surface area contributed by atoms with Gasteiger partial charge in [0.15, 0.2) is 0 Å². The van der Waals surface area contributed by atoms with Crippen LogP contribution in [0.2, 0.25) is 0 Å². The van der Waals surface area contributed by atoms with Gasteiger partial charge in [-0.15, -0.1) is 11.3 Å². The lowest BCUT2D eigenvalue weighted by Crippen LogP contribution is -2.47. The summed E-state index contributed by atoms with van der Waals surface area (Å²) in [5, 5.41) is 4.09. The van der Waals surface area contributed by atoms with Crippen LogP contribution in [0.15, 0.2) is 35.8 Å². The smallest absolute Gasteiger partial charge is 0.124 e. The molecule has 3 heterocycles. The third kappa shape index (κ3) is 3.24. The van der Waals surface area contributed by atoms with Crippen molar-refractivity contribution in [2.24, 2.45) is 0 Å². The molecule has 130 valence electrons. The molecule has 3 aromatic rings. The summed E-state index contributed by atoms with van der Waals surface area (Å²) in [7, 11) is 0. The maximum atomic E-state index is 13.7. The van der Waals surface area contributed by atoms with Gasteiger partial charge >= 0.3 is 0 Å². The highest BCUT2D eigenvalue weighted by Crippen LogP contribution is 2.30. The molecule has 1 atom stereocenters. The number of hydrogen-bond donors (Lipinski definition) is 0. The Hall–Kier alpha value is -2.05. The number of thiazole rings is 1. The first-order chi connectivity index (χ1) is 12.1. The summed E-state index contributed by atoms with van der Waals surface area (Å²) < 4.78 is 13.7. The van der Waals surface area contributed by atoms with Gasteiger partial charge in [0, 0.05) is 54.5 Å². The molecule has 4 rings (SSSR count). The molecule has 1 aliphatic heterocycles. The summed E-state index contributed by atoms with van der Waals surface area (Å²) in [5.74, 6) is -0.213. The molecule has 0 saturated carbocycles. The van der Waals surface area contributed by atoms with Crippen molar-refractivity contribution in [2.75, 3.05) is 31.1 Å². The van der Waals surface area contributed by atoms with Crippen molar-refractivity contribution in [2.45, 2.75) is 19.9 Å². The molecule has 0 bridgehead atoms. The zero-order chi connectivity index (χ0) is 17.4. The van der Waals surface area contributed by atoms with Crippen LogP contribution in [0.1, 0.15) is 23.7 Å². The number of halogens is 1. The molecule has 2 aromatic heterocycles. The molecular weight excluding hydrogens is 335 g/mol. The van der Waals surface area contributed by atoms with Crippen LogP contribution >= 0.6 is 11.3 Å². The molecule has 4 nitrogen and oxygen atoms in total. The number of aromatic nitrogens is 2. The third-order valence-electron chi connectivity index (χ3n) is 4.89. The minimum atomic E-state index is -0.213. The lowest BCUT2D eigenvalue weighted by molar-refractivity contribution is 0.198. The van der Waals surface area contributed by atoms with Crippen LogP contribution in [-0.2, 0) is 0 Å². The van der Waals surface area contributed by atoms with Crippen molar-refractivity contribution in [3.8, 4) is 0 Å². The monoisotopic (exact) mass is 356 g/mol. The van der Waals surface area contributed by atoms with Crippen molar-refractivity contribution in [1.29, 1.82) is 0 Å². The average molecular weight is 356 g/mol. The Balaban J connectivity index is 1.56. The van der Waals surface area contributed by atoms with E-state index in [0.717, 1.165) is 48.5 Å². The van der Waals surface area contributed by atoms with E-state index in [1.54, 1.807) is 23.5 Å². The Labute approximate surface area is 150 Å². The summed E-state index contributed by atoms with van der Waals surface area (Å²) in [6, 6.07) is 7.26. The van der Waals surface area contributed by atoms with Gasteiger partial charge in [0.05, 0.1) is 11.6 Å². The lowest BCUT2D eigenvalue weighted by Gasteiger charge is -2.39. The lowest BCUT2D eigenvalue weighted by atomic mass is 10.1. The highest BCUT2D eigenvalue weighted by molar-refractivity contribution is 7.09. The molecule has 0 amide bonds. The minimum Gasteiger partial charge on any atom is -0.368 e. The van der Waals surface area contributed by atoms with E-state index in [-0.39, 0.29) is 5.82 Å². The molecule has 25 heavy (non-hydrogen) atoms. The van der Waals surface area contributed by atoms with Gasteiger partial charge in [-0.25, -0.2) is 9.37 Å². The molecule has 1 fully saturated rings. The number of rotatable bonds is 3. The van der Waals surface area contributed by atoms with Crippen molar-refractivity contribution < 1.29 is 4.39 Å². The van der Waals surface area contributed by atoms with E-state index >= 15 is 0 Å². The van der Waals surface area contributed by atoms with Gasteiger partial charge in [-0.1, -0.05) is 0 Å². The van der Waals surface area contributed by atoms with Gasteiger partial charge in [-0.2, -0.15) is 0 Å². The quantitative estimate of drug-likeness (QED) is 0.709. The van der Waals surface area contributed by atoms with E-state index in [4.69, 9.17) is 0 Å². The number of hydrogen-bond acceptors (Lipinski definition) is 5. The van der Waals surface area contributed by atoms with E-state index < -0.39 is 0 Å². The summed E-state index contributed by atoms with van der Waals surface area (Å²) in [6.07, 6.45) is 1.87. The van der Waals surface area contributed by atoms with Gasteiger partial charge < -0.3 is 4.90 Å². The summed E-state index contributed by atoms with van der Waals surface area (Å²) in [4.78, 5) is 13.8. The first kappa shape index (κ1) is 16.4. The van der Waals surface area contributed by atoms with Crippen LogP contribution in [0.25, 0.3) is 10.9 Å². The van der Waals surface area contributed by atoms with E-state index in [9.17, 15) is 4.39 Å². The molecule has 6 heteroatoms. The number of benzene rings is 1. The first-order valence-corrected chi connectivity index (χ1v) is 9.45. The zero-order valence-electron chi connectivity index (χ0n) is 14.4. The molecule has 0 aliphatic carbocycles. The van der Waals surface area contributed by atoms with E-state index in [1.807, 2.05) is 18.5 Å². The highest BCUT2D eigenvalue weighted by atomic mass is 32.1. The largest absolute Gasteiger partial charge is 0.368 e. The molecule has 1 aliphatic rings. The number of anilines is 1. The van der Waals surface area contributed by atoms with Crippen molar-refractivity contribution >= 4 is 27.9 Å². The Bertz CT molecular complexity index is 873. The van der Waals surface area contributed by atoms with Crippen molar-refractivity contribution in [3.63, 3.8) is 0 Å². The highest BCUT2D eigenvalue weighted by Gasteiger charge is 2.24. The van der Waals surface area contributed by atoms with Gasteiger partial charge in [0.1, 0.15) is 10.8 Å². The summed E-state index contributed by atoms with van der Waals surface area (Å²) >= 11 is 1.71. The Morgan fingerprint density at radius 1 is 1.16 bits per heavy atom. The average Bonchev–Trinajstić information content (AvgIpc) is 3.16. The number of pyridine rings is 1. The second-order valence-electron chi connectivity index (χ2n) is 6.51. The molecule has 1 aromatic carbocycles. The third-order valence-corrected chi connectivity index (χ3v) is 5.83. The Kier molecular flexibility index (Phi) is 4.39. The number of piperazine rings is 1. The van der Waals surface area contributed by atoms with Crippen LogP contribution in [-0.4, -0.2) is 41.0 Å². The van der Waals surface area contributed by atoms with Crippen LogP contribution in [0.4, 0.5) is 10.1 Å². The fourth-order valence-electron chi connectivity index (χ4n) is 3.52. The van der Waals surface area contributed by atoms with E-state index in [0.29, 0.717) is 6.04 Å². The second-order valence-corrected chi connectivity index (χ2v) is 7.44. The van der Waals surface area contributed by atoms with Gasteiger partial charge in [0.25, 0.3) is 0 Å². The maximum Gasteiger partial charge on any atom is 0.124 e. The van der Waals surface area contributed by atoms with Crippen LogP contribution in [0, 0.1) is 12.7 Å². The Morgan fingerprint density at radius 2 is 1.96 bits per heavy atom. The first-order valence-electron chi connectivity index (χ1n) is 8.57. The fourth-order valence-corrected chi connectivity index (χ4v) is 4.25. The van der Waals surface area contributed by atoms with Crippen LogP contribution in [0.5, 0.6) is 0 Å². The molecule has 0 spiro atoms. The van der Waals surface area contributed by atoms with Crippen LogP contribution < -0.4 is 4.90 Å². The van der Waals surface area contributed by atoms with Crippen molar-refractivity contribution in [1.82, 2.24) is 14.9 Å². The maximum absolute atomic E-state index is 13.7. The number of nitrogens with zero attached hydrogens (tertiary/aromatic N) is 4. The summed E-state index contributed by atoms with van der Waals surface area (Å²) in [5.41, 5.74) is 2.91. The standard InChI is InChI=1S/C19H21FN4S/c1-13-11-18(16-12-15(20)3-4-17(16)22-13)24-8-6-23(7-9-24)14(2)19-21-5-10-25-19/h3-5,10-12,14H,6-9H2,1-2H3. The second kappa shape index (κ2) is 6.69. The van der Waals surface area contributed by atoms with E-state index in [1.165, 1.54) is 11.1 Å². The fraction of sp³-hybridized carbons (Fsp3) is 0.368. The van der Waals surface area contributed by atoms with Gasteiger partial charge in [0.2, 0.25) is 0 Å². The molecule has 0 N–H and O–H groups in total. The van der Waals surface area contributed by atoms with Crippen LogP contribution in [0.3, 0.4) is 0 Å². The van der Waals surface area contributed by atoms with Gasteiger partial charge in [-0.3, -0.25) is 9.88 Å². The Morgan fingerprint density at radius 3 is 2.68 bits per heavy atom. The molecule has 1 unspecified atom stereocenters. The van der Waals surface area contributed by atoms with Crippen molar-refractivity contribution in [3.05, 3.63) is 52.4 Å². The number of fused-ring (bicyclic) bond motifs is 1. The van der Waals surface area contributed by atoms with Gasteiger partial charge in [-0.05, 0) is 38.1 Å². The topological polar surface area (TPSA) is 32.3 Å². The molecule has 1 saturated heterocycles. The summed E-state index contributed by atoms with van der Waals surface area (Å²) in [6.45, 7) is 8.00. The van der Waals surface area contributed by atoms with E-state index in [2.05, 4.69) is 32.8 Å². The molecular formula is C19H21FN4S. The predicted molar refractivity (Wildman–Crippen MR) is 101 cm³/mol. The normalized spacial score (nSPS) is 17.2. The predicted octanol–water partition coefficient (Wildman–Crippen LogP) is 4.02. The zero-order valence-corrected chi connectivity index (χ0v) is 15.3. The minimum absolute atomic E-state index is 0.213. The molecule has 0 radical (unpaired) electrons. The number of aryl methyl sites for hydroxylation is 1.